The van der Waals surface area contributed by atoms with Crippen LogP contribution in [0.3, 0.4) is 0 Å². The highest BCUT2D eigenvalue weighted by Crippen LogP contribution is 2.63. The van der Waals surface area contributed by atoms with Crippen molar-refractivity contribution >= 4 is 18.0 Å². The number of fused-ring (bicyclic) bond motifs is 1. The highest BCUT2D eigenvalue weighted by Gasteiger charge is 2.72. The average Bonchev–Trinajstić information content (AvgIpc) is 3.45. The predicted molar refractivity (Wildman–Crippen MR) is 116 cm³/mol. The largest absolute Gasteiger partial charge is 0.481 e. The van der Waals surface area contributed by atoms with Crippen LogP contribution in [0.5, 0.6) is 0 Å². The number of amides is 1. The smallest absolute Gasteiger partial charge is 0.408 e. The number of alkyl carbamates (subject to hydrolysis) is 1. The molecule has 2 N–H and O–H groups in total. The lowest BCUT2D eigenvalue weighted by Gasteiger charge is -2.32. The van der Waals surface area contributed by atoms with E-state index in [1.165, 1.54) is 6.08 Å². The van der Waals surface area contributed by atoms with Crippen LogP contribution >= 0.6 is 0 Å². The van der Waals surface area contributed by atoms with Gasteiger partial charge in [0.05, 0.1) is 5.92 Å². The summed E-state index contributed by atoms with van der Waals surface area (Å²) >= 11 is 0. The first kappa shape index (κ1) is 21.6. The van der Waals surface area contributed by atoms with Crippen LogP contribution < -0.4 is 5.32 Å². The van der Waals surface area contributed by atoms with Crippen molar-refractivity contribution in [3.63, 3.8) is 0 Å². The zero-order valence-electron chi connectivity index (χ0n) is 17.5. The van der Waals surface area contributed by atoms with Gasteiger partial charge in [-0.2, -0.15) is 0 Å². The third-order valence-electron chi connectivity index (χ3n) is 6.35. The molecule has 4 rings (SSSR count). The second kappa shape index (κ2) is 8.86. The first-order chi connectivity index (χ1) is 15.5. The van der Waals surface area contributed by atoms with Gasteiger partial charge in [-0.25, -0.2) is 9.59 Å². The first-order valence-corrected chi connectivity index (χ1v) is 10.6. The fourth-order valence-electron chi connectivity index (χ4n) is 4.89. The summed E-state index contributed by atoms with van der Waals surface area (Å²) in [4.78, 5) is 37.7. The minimum Gasteiger partial charge on any atom is -0.481 e. The molecule has 2 fully saturated rings. The topological polar surface area (TPSA) is 102 Å². The fourth-order valence-corrected chi connectivity index (χ4v) is 4.89. The van der Waals surface area contributed by atoms with Crippen molar-refractivity contribution in [1.29, 1.82) is 0 Å². The van der Waals surface area contributed by atoms with Crippen molar-refractivity contribution in [1.82, 2.24) is 5.32 Å². The Morgan fingerprint density at radius 1 is 1.09 bits per heavy atom. The van der Waals surface area contributed by atoms with E-state index in [1.807, 2.05) is 60.7 Å². The summed E-state index contributed by atoms with van der Waals surface area (Å²) in [7, 11) is 0. The molecule has 0 spiro atoms. The molecule has 0 aromatic heterocycles. The average molecular weight is 435 g/mol. The molecule has 0 bridgehead atoms. The molecular weight excluding hydrogens is 410 g/mol. The van der Waals surface area contributed by atoms with Gasteiger partial charge in [-0.3, -0.25) is 4.79 Å². The number of hydrogen-bond donors (Lipinski definition) is 2. The monoisotopic (exact) mass is 435 g/mol. The Morgan fingerprint density at radius 2 is 1.69 bits per heavy atom. The van der Waals surface area contributed by atoms with Gasteiger partial charge < -0.3 is 19.9 Å². The Kier molecular flexibility index (Phi) is 5.99. The zero-order chi connectivity index (χ0) is 22.7. The van der Waals surface area contributed by atoms with Crippen LogP contribution in [0.15, 0.2) is 73.3 Å². The van der Waals surface area contributed by atoms with Gasteiger partial charge in [0.15, 0.2) is 6.10 Å². The van der Waals surface area contributed by atoms with Crippen molar-refractivity contribution in [2.24, 2.45) is 17.8 Å². The van der Waals surface area contributed by atoms with E-state index >= 15 is 0 Å². The zero-order valence-corrected chi connectivity index (χ0v) is 17.5. The predicted octanol–water partition coefficient (Wildman–Crippen LogP) is 3.71. The van der Waals surface area contributed by atoms with Gasteiger partial charge in [-0.05, 0) is 29.9 Å². The fraction of sp³-hybridized carbons (Fsp3) is 0.320. The lowest BCUT2D eigenvalue weighted by atomic mass is 9.90. The van der Waals surface area contributed by atoms with Gasteiger partial charge in [0, 0.05) is 5.92 Å². The molecule has 2 aromatic carbocycles. The second-order valence-corrected chi connectivity index (χ2v) is 8.18. The lowest BCUT2D eigenvalue weighted by molar-refractivity contribution is -0.157. The van der Waals surface area contributed by atoms with E-state index in [0.717, 1.165) is 11.1 Å². The van der Waals surface area contributed by atoms with Gasteiger partial charge >= 0.3 is 18.0 Å². The van der Waals surface area contributed by atoms with Crippen molar-refractivity contribution in [3.05, 3.63) is 84.4 Å². The molecule has 2 aromatic rings. The number of aliphatic carboxylic acids is 1. The molecule has 4 unspecified atom stereocenters. The number of hydrogen-bond acceptors (Lipinski definition) is 5. The molecule has 2 aliphatic carbocycles. The first-order valence-electron chi connectivity index (χ1n) is 10.6. The minimum absolute atomic E-state index is 0.0237. The summed E-state index contributed by atoms with van der Waals surface area (Å²) < 4.78 is 11.1. The third-order valence-corrected chi connectivity index (χ3v) is 6.35. The number of ether oxygens (including phenoxy) is 2. The molecule has 2 saturated carbocycles. The summed E-state index contributed by atoms with van der Waals surface area (Å²) in [5, 5.41) is 12.2. The molecule has 0 saturated heterocycles. The van der Waals surface area contributed by atoms with E-state index in [1.54, 1.807) is 0 Å². The summed E-state index contributed by atoms with van der Waals surface area (Å²) in [6.07, 6.45) is 0.730. The quantitative estimate of drug-likeness (QED) is 0.484. The van der Waals surface area contributed by atoms with E-state index in [4.69, 9.17) is 9.47 Å². The van der Waals surface area contributed by atoms with E-state index in [2.05, 4.69) is 11.9 Å². The lowest BCUT2D eigenvalue weighted by Crippen LogP contribution is -2.57. The number of rotatable bonds is 8. The molecule has 0 radical (unpaired) electrons. The number of benzene rings is 2. The standard InChI is InChI=1S/C25H25NO6/c1-2-15-31-24(30)26-25(14-13-18-19(20(18)25)22(27)28)23(29)32-21(16-9-5-3-6-10-16)17-11-7-4-8-12-17/h2-12,18-21H,1,13-15H2,(H,26,30)(H,27,28). The number of carbonyl (C=O) groups excluding carboxylic acids is 2. The van der Waals surface area contributed by atoms with Crippen molar-refractivity contribution in [3.8, 4) is 0 Å². The maximum atomic E-state index is 13.6. The van der Waals surface area contributed by atoms with Crippen LogP contribution in [-0.4, -0.2) is 35.3 Å². The molecule has 1 amide bonds. The summed E-state index contributed by atoms with van der Waals surface area (Å²) in [5.41, 5.74) is 0.0986. The molecule has 7 heteroatoms. The Labute approximate surface area is 186 Å². The molecule has 166 valence electrons. The van der Waals surface area contributed by atoms with E-state index in [-0.39, 0.29) is 12.5 Å². The summed E-state index contributed by atoms with van der Waals surface area (Å²) in [6.45, 7) is 3.48. The second-order valence-electron chi connectivity index (χ2n) is 8.18. The highest BCUT2D eigenvalue weighted by molar-refractivity contribution is 5.90. The molecule has 0 heterocycles. The van der Waals surface area contributed by atoms with Crippen LogP contribution in [0.2, 0.25) is 0 Å². The molecule has 2 aliphatic rings. The van der Waals surface area contributed by atoms with Crippen LogP contribution in [0.4, 0.5) is 4.79 Å². The number of nitrogens with one attached hydrogen (secondary N) is 1. The minimum atomic E-state index is -1.45. The van der Waals surface area contributed by atoms with Crippen LogP contribution in [0, 0.1) is 17.8 Å². The van der Waals surface area contributed by atoms with Crippen molar-refractivity contribution < 1.29 is 29.0 Å². The van der Waals surface area contributed by atoms with E-state index in [9.17, 15) is 19.5 Å². The molecule has 7 nitrogen and oxygen atoms in total. The van der Waals surface area contributed by atoms with E-state index in [0.29, 0.717) is 12.8 Å². The number of carbonyl (C=O) groups is 3. The van der Waals surface area contributed by atoms with Crippen LogP contribution in [-0.2, 0) is 19.1 Å². The maximum absolute atomic E-state index is 13.6. The van der Waals surface area contributed by atoms with Gasteiger partial charge in [-0.1, -0.05) is 73.3 Å². The van der Waals surface area contributed by atoms with Crippen LogP contribution in [0.25, 0.3) is 0 Å². The number of carboxylic acid groups (broad SMARTS) is 1. The number of carboxylic acids is 1. The molecule has 32 heavy (non-hydrogen) atoms. The Hall–Kier alpha value is -3.61. The van der Waals surface area contributed by atoms with Crippen molar-refractivity contribution in [2.45, 2.75) is 24.5 Å². The van der Waals surface area contributed by atoms with Crippen molar-refractivity contribution in [2.75, 3.05) is 6.61 Å². The van der Waals surface area contributed by atoms with Gasteiger partial charge in [0.2, 0.25) is 0 Å². The van der Waals surface area contributed by atoms with Crippen LogP contribution in [0.1, 0.15) is 30.1 Å². The molecular formula is C25H25NO6. The number of esters is 1. The maximum Gasteiger partial charge on any atom is 0.408 e. The van der Waals surface area contributed by atoms with Gasteiger partial charge in [-0.15, -0.1) is 0 Å². The third kappa shape index (κ3) is 3.98. The SMILES string of the molecule is C=CCOC(=O)NC1(C(=O)OC(c2ccccc2)c2ccccc2)CCC2C(C(=O)O)C21. The normalized spacial score (nSPS) is 25.5. The van der Waals surface area contributed by atoms with Gasteiger partial charge in [0.25, 0.3) is 0 Å². The van der Waals surface area contributed by atoms with E-state index < -0.39 is 41.5 Å². The summed E-state index contributed by atoms with van der Waals surface area (Å²) in [6, 6.07) is 18.6. The molecule has 0 aliphatic heterocycles. The highest BCUT2D eigenvalue weighted by atomic mass is 16.6. The summed E-state index contributed by atoms with van der Waals surface area (Å²) in [5.74, 6) is -3.02. The Morgan fingerprint density at radius 3 is 2.19 bits per heavy atom. The Bertz CT molecular complexity index is 968. The molecule has 4 atom stereocenters. The van der Waals surface area contributed by atoms with Gasteiger partial charge in [0.1, 0.15) is 12.1 Å². The Balaban J connectivity index is 1.65.